The summed E-state index contributed by atoms with van der Waals surface area (Å²) in [5.41, 5.74) is -0.448. The molecule has 0 radical (unpaired) electrons. The average Bonchev–Trinajstić information content (AvgIpc) is 3.41. The molecule has 7 nitrogen and oxygen atoms in total. The normalized spacial score (nSPS) is 28.8. The standard InChI is InChI=1S/C23H24ClF2N5O2S/c1-3-33-22(32)18-17(11-31-12-23(2,26)9-14(31)10-27)29-20(21-28-6-7-34-21)30-19(18)15-5-4-13(25)8-16(15)24/h4-8,14,19,21,28H,3,9,11-12H2,1-2H3,(H,29,30). The zero-order chi connectivity index (χ0) is 24.5. The molecule has 34 heavy (non-hydrogen) atoms. The van der Waals surface area contributed by atoms with Crippen LogP contribution in [0, 0.1) is 17.1 Å². The van der Waals surface area contributed by atoms with Crippen LogP contribution in [0.3, 0.4) is 0 Å². The van der Waals surface area contributed by atoms with E-state index in [-0.39, 0.29) is 42.1 Å². The smallest absolute Gasteiger partial charge is 0.338 e. The number of carbonyl (C=O) groups is 1. The van der Waals surface area contributed by atoms with E-state index in [1.54, 1.807) is 18.0 Å². The molecule has 0 aliphatic carbocycles. The average molecular weight is 508 g/mol. The number of nitrogens with one attached hydrogen (secondary N) is 2. The van der Waals surface area contributed by atoms with Crippen LogP contribution in [0.4, 0.5) is 8.78 Å². The van der Waals surface area contributed by atoms with Crippen LogP contribution in [0.2, 0.25) is 5.02 Å². The number of ether oxygens (including phenoxy) is 1. The Balaban J connectivity index is 1.80. The monoisotopic (exact) mass is 507 g/mol. The molecule has 0 spiro atoms. The molecule has 4 atom stereocenters. The highest BCUT2D eigenvalue weighted by molar-refractivity contribution is 8.03. The summed E-state index contributed by atoms with van der Waals surface area (Å²) in [7, 11) is 0. The van der Waals surface area contributed by atoms with Crippen LogP contribution < -0.4 is 10.6 Å². The third-order valence-electron chi connectivity index (χ3n) is 5.78. The predicted molar refractivity (Wildman–Crippen MR) is 127 cm³/mol. The lowest BCUT2D eigenvalue weighted by atomic mass is 9.95. The van der Waals surface area contributed by atoms with Crippen LogP contribution in [-0.2, 0) is 9.53 Å². The molecule has 3 aliphatic heterocycles. The first-order valence-electron chi connectivity index (χ1n) is 10.8. The molecule has 2 N–H and O–H groups in total. The third-order valence-corrected chi connectivity index (χ3v) is 7.03. The number of rotatable bonds is 6. The van der Waals surface area contributed by atoms with Gasteiger partial charge < -0.3 is 15.4 Å². The van der Waals surface area contributed by atoms with Crippen molar-refractivity contribution < 1.29 is 18.3 Å². The Hall–Kier alpha value is -2.61. The zero-order valence-corrected chi connectivity index (χ0v) is 20.2. The molecular weight excluding hydrogens is 484 g/mol. The van der Waals surface area contributed by atoms with Gasteiger partial charge in [-0.2, -0.15) is 5.26 Å². The summed E-state index contributed by atoms with van der Waals surface area (Å²) in [5.74, 6) is -0.597. The van der Waals surface area contributed by atoms with Crippen LogP contribution in [-0.4, -0.2) is 53.5 Å². The summed E-state index contributed by atoms with van der Waals surface area (Å²) in [6, 6.07) is 4.55. The van der Waals surface area contributed by atoms with Crippen molar-refractivity contribution in [2.45, 2.75) is 43.4 Å². The predicted octanol–water partition coefficient (Wildman–Crippen LogP) is 3.80. The molecule has 0 amide bonds. The van der Waals surface area contributed by atoms with Gasteiger partial charge in [-0.25, -0.2) is 13.6 Å². The number of nitrogens with zero attached hydrogens (tertiary/aromatic N) is 3. The van der Waals surface area contributed by atoms with Gasteiger partial charge in [-0.1, -0.05) is 29.4 Å². The van der Waals surface area contributed by atoms with Crippen LogP contribution in [0.25, 0.3) is 0 Å². The van der Waals surface area contributed by atoms with Crippen LogP contribution in [0.1, 0.15) is 31.9 Å². The van der Waals surface area contributed by atoms with E-state index in [0.717, 1.165) is 0 Å². The SMILES string of the molecule is CCOC(=O)C1=C(CN2CC(C)(F)CC2C#N)NC(C2NC=CS2)=NC1c1ccc(F)cc1Cl. The Morgan fingerprint density at radius 3 is 2.94 bits per heavy atom. The fourth-order valence-corrected chi connectivity index (χ4v) is 5.32. The van der Waals surface area contributed by atoms with Crippen LogP contribution in [0.5, 0.6) is 0 Å². The second-order valence-corrected chi connectivity index (χ2v) is 9.90. The van der Waals surface area contributed by atoms with E-state index in [1.165, 1.54) is 36.9 Å². The molecule has 3 aliphatic rings. The van der Waals surface area contributed by atoms with Crippen LogP contribution in [0.15, 0.2) is 46.1 Å². The Morgan fingerprint density at radius 1 is 1.50 bits per heavy atom. The van der Waals surface area contributed by atoms with Gasteiger partial charge in [0, 0.05) is 42.0 Å². The number of aliphatic imine (C=N–C) groups is 1. The lowest BCUT2D eigenvalue weighted by Gasteiger charge is -2.32. The molecule has 1 aromatic carbocycles. The number of nitriles is 1. The van der Waals surface area contributed by atoms with Gasteiger partial charge in [-0.15, -0.1) is 0 Å². The molecule has 0 aromatic heterocycles. The Kier molecular flexibility index (Phi) is 7.17. The van der Waals surface area contributed by atoms with Gasteiger partial charge in [0.2, 0.25) is 0 Å². The number of benzene rings is 1. The van der Waals surface area contributed by atoms with Gasteiger partial charge in [-0.05, 0) is 31.4 Å². The van der Waals surface area contributed by atoms with E-state index in [4.69, 9.17) is 21.3 Å². The lowest BCUT2D eigenvalue weighted by molar-refractivity contribution is -0.139. The Labute approximate surface area is 205 Å². The first kappa shape index (κ1) is 24.5. The number of carbonyl (C=O) groups excluding carboxylic acids is 1. The van der Waals surface area contributed by atoms with Gasteiger partial charge >= 0.3 is 5.97 Å². The van der Waals surface area contributed by atoms with E-state index in [2.05, 4.69) is 16.7 Å². The fourth-order valence-electron chi connectivity index (χ4n) is 4.33. The molecule has 4 unspecified atom stereocenters. The minimum Gasteiger partial charge on any atom is -0.463 e. The van der Waals surface area contributed by atoms with Gasteiger partial charge in [-0.3, -0.25) is 9.89 Å². The van der Waals surface area contributed by atoms with Crippen molar-refractivity contribution >= 4 is 35.2 Å². The number of likely N-dealkylation sites (tertiary alicyclic amines) is 1. The molecule has 1 aromatic rings. The van der Waals surface area contributed by atoms with E-state index < -0.39 is 29.5 Å². The summed E-state index contributed by atoms with van der Waals surface area (Å²) in [4.78, 5) is 19.6. The van der Waals surface area contributed by atoms with E-state index in [1.807, 2.05) is 5.41 Å². The second kappa shape index (κ2) is 9.94. The van der Waals surface area contributed by atoms with E-state index >= 15 is 0 Å². The molecule has 180 valence electrons. The summed E-state index contributed by atoms with van der Waals surface area (Å²) >= 11 is 7.86. The number of hydrogen-bond acceptors (Lipinski definition) is 8. The van der Waals surface area contributed by atoms with Crippen molar-refractivity contribution in [2.24, 2.45) is 4.99 Å². The highest BCUT2D eigenvalue weighted by atomic mass is 35.5. The molecule has 3 heterocycles. The van der Waals surface area contributed by atoms with Crippen molar-refractivity contribution in [3.05, 3.63) is 57.5 Å². The minimum absolute atomic E-state index is 0.0406. The zero-order valence-electron chi connectivity index (χ0n) is 18.6. The van der Waals surface area contributed by atoms with Crippen molar-refractivity contribution in [2.75, 3.05) is 19.7 Å². The van der Waals surface area contributed by atoms with E-state index in [0.29, 0.717) is 17.1 Å². The molecule has 11 heteroatoms. The van der Waals surface area contributed by atoms with Crippen molar-refractivity contribution in [1.82, 2.24) is 15.5 Å². The molecule has 1 fully saturated rings. The number of hydrogen-bond donors (Lipinski definition) is 2. The maximum Gasteiger partial charge on any atom is 0.338 e. The first-order chi connectivity index (χ1) is 16.2. The van der Waals surface area contributed by atoms with Crippen molar-refractivity contribution in [1.29, 1.82) is 5.26 Å². The first-order valence-corrected chi connectivity index (χ1v) is 12.1. The van der Waals surface area contributed by atoms with E-state index in [9.17, 15) is 18.8 Å². The Bertz CT molecular complexity index is 1110. The molecule has 0 saturated carbocycles. The lowest BCUT2D eigenvalue weighted by Crippen LogP contribution is -2.46. The molecule has 1 saturated heterocycles. The highest BCUT2D eigenvalue weighted by Crippen LogP contribution is 2.38. The largest absolute Gasteiger partial charge is 0.463 e. The maximum atomic E-state index is 14.8. The fraction of sp³-hybridized carbons (Fsp3) is 0.435. The van der Waals surface area contributed by atoms with Crippen LogP contribution >= 0.6 is 23.4 Å². The third kappa shape index (κ3) is 5.06. The van der Waals surface area contributed by atoms with Crippen molar-refractivity contribution in [3.63, 3.8) is 0 Å². The molecule has 4 rings (SSSR count). The summed E-state index contributed by atoms with van der Waals surface area (Å²) in [6.45, 7) is 3.43. The van der Waals surface area contributed by atoms with Gasteiger partial charge in [0.05, 0.1) is 18.2 Å². The summed E-state index contributed by atoms with van der Waals surface area (Å²) < 4.78 is 33.9. The minimum atomic E-state index is -1.52. The van der Waals surface area contributed by atoms with Gasteiger partial charge in [0.15, 0.2) is 0 Å². The number of esters is 1. The highest BCUT2D eigenvalue weighted by Gasteiger charge is 2.43. The topological polar surface area (TPSA) is 89.8 Å². The van der Waals surface area contributed by atoms with Gasteiger partial charge in [0.25, 0.3) is 0 Å². The van der Waals surface area contributed by atoms with Crippen molar-refractivity contribution in [3.8, 4) is 6.07 Å². The van der Waals surface area contributed by atoms with Gasteiger partial charge in [0.1, 0.15) is 34.8 Å². The Morgan fingerprint density at radius 2 is 2.29 bits per heavy atom. The number of amidine groups is 1. The summed E-state index contributed by atoms with van der Waals surface area (Å²) in [5, 5.41) is 17.7. The second-order valence-electron chi connectivity index (χ2n) is 8.47. The summed E-state index contributed by atoms with van der Waals surface area (Å²) in [6.07, 6.45) is 1.86. The maximum absolute atomic E-state index is 14.8. The number of alkyl halides is 1. The molecular formula is C23H24ClF2N5O2S. The number of thioether (sulfide) groups is 1. The number of halogens is 3. The quantitative estimate of drug-likeness (QED) is 0.566. The molecule has 0 bridgehead atoms.